The fraction of sp³-hybridized carbons (Fsp3) is 0.588. The molecule has 1 atom stereocenters. The molecule has 0 aliphatic heterocycles. The maximum absolute atomic E-state index is 12.3. The molecule has 2 aliphatic rings. The van der Waals surface area contributed by atoms with Gasteiger partial charge in [-0.2, -0.15) is 0 Å². The molecule has 2 saturated carbocycles. The number of carbonyl (C=O) groups is 1. The molecule has 1 amide bonds. The van der Waals surface area contributed by atoms with Crippen LogP contribution in [-0.4, -0.2) is 19.0 Å². The van der Waals surface area contributed by atoms with Gasteiger partial charge in [-0.3, -0.25) is 4.79 Å². The van der Waals surface area contributed by atoms with Crippen LogP contribution in [-0.2, 0) is 11.2 Å². The summed E-state index contributed by atoms with van der Waals surface area (Å²) >= 11 is 0. The Balaban J connectivity index is 1.51. The average molecular weight is 272 g/mol. The maximum atomic E-state index is 12.3. The highest BCUT2D eigenvalue weighted by Gasteiger charge is 2.53. The van der Waals surface area contributed by atoms with Crippen LogP contribution in [0.25, 0.3) is 0 Å². The number of hydrogen-bond acceptors (Lipinski definition) is 2. The van der Waals surface area contributed by atoms with Gasteiger partial charge in [-0.05, 0) is 49.0 Å². The van der Waals surface area contributed by atoms with Crippen molar-refractivity contribution < 1.29 is 4.79 Å². The Bertz CT molecular complexity index is 463. The summed E-state index contributed by atoms with van der Waals surface area (Å²) < 4.78 is 0. The van der Waals surface area contributed by atoms with Crippen LogP contribution in [0.1, 0.15) is 31.2 Å². The summed E-state index contributed by atoms with van der Waals surface area (Å²) in [7, 11) is 0. The summed E-state index contributed by atoms with van der Waals surface area (Å²) in [5.41, 5.74) is 7.43. The van der Waals surface area contributed by atoms with Crippen molar-refractivity contribution in [2.75, 3.05) is 13.1 Å². The Labute approximate surface area is 120 Å². The summed E-state index contributed by atoms with van der Waals surface area (Å²) in [6, 6.07) is 10.1. The monoisotopic (exact) mass is 272 g/mol. The van der Waals surface area contributed by atoms with Gasteiger partial charge in [-0.15, -0.1) is 0 Å². The predicted molar refractivity (Wildman–Crippen MR) is 80.1 cm³/mol. The van der Waals surface area contributed by atoms with Crippen LogP contribution in [0.4, 0.5) is 0 Å². The van der Waals surface area contributed by atoms with Crippen LogP contribution in [0.15, 0.2) is 30.3 Å². The molecular weight excluding hydrogens is 248 g/mol. The van der Waals surface area contributed by atoms with Gasteiger partial charge < -0.3 is 11.1 Å². The van der Waals surface area contributed by atoms with Crippen molar-refractivity contribution in [2.45, 2.75) is 32.1 Å². The standard InChI is InChI=1S/C17H24N2O/c18-11-14(10-13-4-2-1-3-5-13)16(20)19-12-17(8-9-17)15-6-7-15/h1-5,14-15H,6-12,18H2,(H,19,20). The third kappa shape index (κ3) is 3.04. The van der Waals surface area contributed by atoms with E-state index >= 15 is 0 Å². The van der Waals surface area contributed by atoms with Crippen molar-refractivity contribution in [1.82, 2.24) is 5.32 Å². The molecule has 0 bridgehead atoms. The third-order valence-corrected chi connectivity index (χ3v) is 4.93. The first kappa shape index (κ1) is 13.6. The van der Waals surface area contributed by atoms with E-state index in [-0.39, 0.29) is 11.8 Å². The number of amides is 1. The molecule has 3 N–H and O–H groups in total. The summed E-state index contributed by atoms with van der Waals surface area (Å²) in [5, 5.41) is 3.16. The van der Waals surface area contributed by atoms with Crippen LogP contribution in [0.5, 0.6) is 0 Å². The van der Waals surface area contributed by atoms with Crippen LogP contribution in [0.3, 0.4) is 0 Å². The molecule has 108 valence electrons. The molecular formula is C17H24N2O. The Hall–Kier alpha value is -1.35. The molecule has 0 spiro atoms. The number of carbonyl (C=O) groups excluding carboxylic acids is 1. The van der Waals surface area contributed by atoms with E-state index in [1.807, 2.05) is 18.2 Å². The van der Waals surface area contributed by atoms with Gasteiger partial charge in [0.1, 0.15) is 0 Å². The quantitative estimate of drug-likeness (QED) is 0.798. The molecule has 3 heteroatoms. The highest BCUT2D eigenvalue weighted by molar-refractivity contribution is 5.79. The van der Waals surface area contributed by atoms with Crippen molar-refractivity contribution in [2.24, 2.45) is 23.0 Å². The first-order chi connectivity index (χ1) is 9.73. The highest BCUT2D eigenvalue weighted by Crippen LogP contribution is 2.60. The van der Waals surface area contributed by atoms with Crippen molar-refractivity contribution >= 4 is 5.91 Å². The van der Waals surface area contributed by atoms with E-state index < -0.39 is 0 Å². The molecule has 3 rings (SSSR count). The summed E-state index contributed by atoms with van der Waals surface area (Å²) in [6.45, 7) is 1.28. The normalized spacial score (nSPS) is 21.2. The molecule has 1 unspecified atom stereocenters. The van der Waals surface area contributed by atoms with Crippen molar-refractivity contribution in [3.63, 3.8) is 0 Å². The molecule has 3 nitrogen and oxygen atoms in total. The minimum atomic E-state index is -0.104. The fourth-order valence-electron chi connectivity index (χ4n) is 3.17. The number of benzene rings is 1. The molecule has 0 aromatic heterocycles. The number of nitrogens with one attached hydrogen (secondary N) is 1. The van der Waals surface area contributed by atoms with E-state index in [0.29, 0.717) is 12.0 Å². The predicted octanol–water partition coefficient (Wildman–Crippen LogP) is 2.11. The fourth-order valence-corrected chi connectivity index (χ4v) is 3.17. The zero-order valence-corrected chi connectivity index (χ0v) is 12.0. The number of hydrogen-bond donors (Lipinski definition) is 2. The van der Waals surface area contributed by atoms with Crippen LogP contribution < -0.4 is 11.1 Å². The molecule has 20 heavy (non-hydrogen) atoms. The van der Waals surface area contributed by atoms with E-state index in [1.54, 1.807) is 0 Å². The summed E-state index contributed by atoms with van der Waals surface area (Å²) in [4.78, 5) is 12.3. The lowest BCUT2D eigenvalue weighted by Crippen LogP contribution is -2.39. The molecule has 0 radical (unpaired) electrons. The van der Waals surface area contributed by atoms with Gasteiger partial charge in [0, 0.05) is 13.1 Å². The molecule has 1 aromatic rings. The van der Waals surface area contributed by atoms with Gasteiger partial charge in [-0.25, -0.2) is 0 Å². The zero-order valence-electron chi connectivity index (χ0n) is 12.0. The minimum absolute atomic E-state index is 0.104. The van der Waals surface area contributed by atoms with Crippen molar-refractivity contribution in [3.8, 4) is 0 Å². The lowest BCUT2D eigenvalue weighted by Gasteiger charge is -2.19. The van der Waals surface area contributed by atoms with Gasteiger partial charge in [0.15, 0.2) is 0 Å². The van der Waals surface area contributed by atoms with Crippen molar-refractivity contribution in [1.29, 1.82) is 0 Å². The van der Waals surface area contributed by atoms with Gasteiger partial charge in [0.05, 0.1) is 5.92 Å². The number of nitrogens with two attached hydrogens (primary N) is 1. The SMILES string of the molecule is NCC(Cc1ccccc1)C(=O)NCC1(C2CC2)CC1. The molecule has 0 heterocycles. The summed E-state index contributed by atoms with van der Waals surface area (Å²) in [6.07, 6.45) is 6.05. The minimum Gasteiger partial charge on any atom is -0.355 e. The van der Waals surface area contributed by atoms with Crippen molar-refractivity contribution in [3.05, 3.63) is 35.9 Å². The average Bonchev–Trinajstić information content (AvgIpc) is 3.36. The van der Waals surface area contributed by atoms with E-state index in [0.717, 1.165) is 18.9 Å². The second kappa shape index (κ2) is 5.57. The smallest absolute Gasteiger partial charge is 0.224 e. The zero-order chi connectivity index (χ0) is 14.0. The Kier molecular flexibility index (Phi) is 3.79. The molecule has 1 aromatic carbocycles. The Morgan fingerprint density at radius 1 is 1.30 bits per heavy atom. The lowest BCUT2D eigenvalue weighted by atomic mass is 9.97. The van der Waals surface area contributed by atoms with Gasteiger partial charge in [0.25, 0.3) is 0 Å². The molecule has 2 aliphatic carbocycles. The van der Waals surface area contributed by atoms with Crippen LogP contribution in [0.2, 0.25) is 0 Å². The lowest BCUT2D eigenvalue weighted by molar-refractivity contribution is -0.125. The second-order valence-corrected chi connectivity index (χ2v) is 6.48. The molecule has 0 saturated heterocycles. The van der Waals surface area contributed by atoms with Crippen LogP contribution >= 0.6 is 0 Å². The Morgan fingerprint density at radius 3 is 2.55 bits per heavy atom. The van der Waals surface area contributed by atoms with E-state index in [1.165, 1.54) is 31.2 Å². The second-order valence-electron chi connectivity index (χ2n) is 6.48. The maximum Gasteiger partial charge on any atom is 0.224 e. The van der Waals surface area contributed by atoms with E-state index in [9.17, 15) is 4.79 Å². The van der Waals surface area contributed by atoms with Gasteiger partial charge in [-0.1, -0.05) is 30.3 Å². The van der Waals surface area contributed by atoms with E-state index in [4.69, 9.17) is 5.73 Å². The van der Waals surface area contributed by atoms with Gasteiger partial charge >= 0.3 is 0 Å². The highest BCUT2D eigenvalue weighted by atomic mass is 16.1. The molecule has 2 fully saturated rings. The first-order valence-electron chi connectivity index (χ1n) is 7.75. The van der Waals surface area contributed by atoms with Crippen LogP contribution in [0, 0.1) is 17.3 Å². The Morgan fingerprint density at radius 2 is 2.00 bits per heavy atom. The van der Waals surface area contributed by atoms with Gasteiger partial charge in [0.2, 0.25) is 5.91 Å². The summed E-state index contributed by atoms with van der Waals surface area (Å²) in [5.74, 6) is 0.906. The largest absolute Gasteiger partial charge is 0.355 e. The topological polar surface area (TPSA) is 55.1 Å². The third-order valence-electron chi connectivity index (χ3n) is 4.93. The number of rotatable bonds is 7. The van der Waals surface area contributed by atoms with E-state index in [2.05, 4.69) is 17.4 Å². The first-order valence-corrected chi connectivity index (χ1v) is 7.75.